The number of halogens is 2. The van der Waals surface area contributed by atoms with Gasteiger partial charge in [0.25, 0.3) is 5.91 Å². The summed E-state index contributed by atoms with van der Waals surface area (Å²) in [5.41, 5.74) is 1.22. The zero-order valence-electron chi connectivity index (χ0n) is 12.1. The monoisotopic (exact) mass is 333 g/mol. The van der Waals surface area contributed by atoms with Gasteiger partial charge in [-0.05, 0) is 48.9 Å². The summed E-state index contributed by atoms with van der Waals surface area (Å²) >= 11 is 5.94. The van der Waals surface area contributed by atoms with E-state index in [1.807, 2.05) is 0 Å². The number of amides is 1. The first-order chi connectivity index (χ1) is 10.9. The topological polar surface area (TPSA) is 66.4 Å². The van der Waals surface area contributed by atoms with Crippen LogP contribution in [0.1, 0.15) is 15.9 Å². The van der Waals surface area contributed by atoms with Crippen molar-refractivity contribution in [2.45, 2.75) is 6.92 Å². The second kappa shape index (κ2) is 7.07. The molecule has 2 aromatic carbocycles. The molecular formula is C17H13ClFNO3. The van der Waals surface area contributed by atoms with Gasteiger partial charge in [0.05, 0.1) is 0 Å². The van der Waals surface area contributed by atoms with Gasteiger partial charge in [-0.3, -0.25) is 9.59 Å². The summed E-state index contributed by atoms with van der Waals surface area (Å²) in [7, 11) is 0. The normalized spacial score (nSPS) is 11.2. The first-order valence-corrected chi connectivity index (χ1v) is 7.03. The number of hydrogen-bond donors (Lipinski definition) is 2. The van der Waals surface area contributed by atoms with Crippen molar-refractivity contribution in [3.8, 4) is 0 Å². The minimum atomic E-state index is -0.842. The number of benzene rings is 2. The summed E-state index contributed by atoms with van der Waals surface area (Å²) < 4.78 is 12.8. The molecule has 118 valence electrons. The maximum absolute atomic E-state index is 12.8. The molecule has 0 atom stereocenters. The zero-order valence-corrected chi connectivity index (χ0v) is 12.9. The Morgan fingerprint density at radius 1 is 1.17 bits per heavy atom. The predicted molar refractivity (Wildman–Crippen MR) is 86.3 cm³/mol. The Balaban J connectivity index is 2.14. The summed E-state index contributed by atoms with van der Waals surface area (Å²) in [5, 5.41) is 12.7. The molecule has 0 spiro atoms. The average Bonchev–Trinajstić information content (AvgIpc) is 2.52. The number of anilines is 1. The number of rotatable bonds is 4. The van der Waals surface area contributed by atoms with E-state index in [0.717, 1.165) is 18.2 Å². The van der Waals surface area contributed by atoms with Crippen LogP contribution in [0.2, 0.25) is 5.02 Å². The molecule has 0 unspecified atom stereocenters. The van der Waals surface area contributed by atoms with Crippen LogP contribution in [0.25, 0.3) is 0 Å². The molecule has 0 saturated heterocycles. The first kappa shape index (κ1) is 16.7. The van der Waals surface area contributed by atoms with Gasteiger partial charge in [0.15, 0.2) is 11.5 Å². The highest BCUT2D eigenvalue weighted by Crippen LogP contribution is 2.23. The maximum Gasteiger partial charge on any atom is 0.290 e. The van der Waals surface area contributed by atoms with Crippen molar-refractivity contribution in [2.24, 2.45) is 0 Å². The van der Waals surface area contributed by atoms with Crippen molar-refractivity contribution >= 4 is 29.0 Å². The molecule has 0 aliphatic heterocycles. The molecule has 0 fully saturated rings. The summed E-state index contributed by atoms with van der Waals surface area (Å²) in [6.45, 7) is 1.71. The van der Waals surface area contributed by atoms with Crippen LogP contribution in [0.4, 0.5) is 10.1 Å². The highest BCUT2D eigenvalue weighted by atomic mass is 35.5. The molecule has 23 heavy (non-hydrogen) atoms. The Hall–Kier alpha value is -2.66. The van der Waals surface area contributed by atoms with E-state index < -0.39 is 23.3 Å². The minimum absolute atomic E-state index is 0.157. The van der Waals surface area contributed by atoms with Gasteiger partial charge in [0.2, 0.25) is 0 Å². The molecule has 0 aliphatic rings. The van der Waals surface area contributed by atoms with Gasteiger partial charge >= 0.3 is 0 Å². The van der Waals surface area contributed by atoms with E-state index in [9.17, 15) is 19.1 Å². The first-order valence-electron chi connectivity index (χ1n) is 6.65. The third-order valence-electron chi connectivity index (χ3n) is 3.15. The zero-order chi connectivity index (χ0) is 17.0. The molecule has 0 bridgehead atoms. The smallest absolute Gasteiger partial charge is 0.290 e. The second-order valence-corrected chi connectivity index (χ2v) is 5.17. The third kappa shape index (κ3) is 4.17. The highest BCUT2D eigenvalue weighted by molar-refractivity contribution is 6.31. The highest BCUT2D eigenvalue weighted by Gasteiger charge is 2.13. The van der Waals surface area contributed by atoms with Crippen LogP contribution in [0.15, 0.2) is 54.3 Å². The van der Waals surface area contributed by atoms with E-state index >= 15 is 0 Å². The van der Waals surface area contributed by atoms with Crippen LogP contribution in [-0.4, -0.2) is 16.8 Å². The van der Waals surface area contributed by atoms with Crippen molar-refractivity contribution < 1.29 is 19.1 Å². The van der Waals surface area contributed by atoms with Crippen LogP contribution in [-0.2, 0) is 4.79 Å². The Labute approximate surface area is 137 Å². The Morgan fingerprint density at radius 3 is 2.48 bits per heavy atom. The van der Waals surface area contributed by atoms with Crippen LogP contribution in [0, 0.1) is 12.7 Å². The molecule has 6 heteroatoms. The van der Waals surface area contributed by atoms with Crippen molar-refractivity contribution in [1.82, 2.24) is 0 Å². The van der Waals surface area contributed by atoms with Crippen molar-refractivity contribution in [3.63, 3.8) is 0 Å². The Kier molecular flexibility index (Phi) is 5.13. The van der Waals surface area contributed by atoms with E-state index in [1.165, 1.54) is 12.1 Å². The van der Waals surface area contributed by atoms with Crippen LogP contribution in [0.5, 0.6) is 0 Å². The number of aliphatic hydroxyl groups excluding tert-OH is 1. The van der Waals surface area contributed by atoms with E-state index in [-0.39, 0.29) is 5.56 Å². The number of nitrogens with one attached hydrogen (secondary N) is 1. The summed E-state index contributed by atoms with van der Waals surface area (Å²) in [6, 6.07) is 9.70. The second-order valence-electron chi connectivity index (χ2n) is 4.77. The van der Waals surface area contributed by atoms with Gasteiger partial charge in [0.1, 0.15) is 5.82 Å². The lowest BCUT2D eigenvalue weighted by Gasteiger charge is -2.08. The molecular weight excluding hydrogens is 321 g/mol. The lowest BCUT2D eigenvalue weighted by molar-refractivity contribution is -0.115. The van der Waals surface area contributed by atoms with Crippen LogP contribution < -0.4 is 5.32 Å². The molecule has 2 aromatic rings. The standard InChI is InChI=1S/C17H13ClFNO3/c1-10-13(18)3-2-4-14(10)20-17(23)16(22)9-15(21)11-5-7-12(19)8-6-11/h2-9,22H,1H3,(H,20,23)/b16-9-. The van der Waals surface area contributed by atoms with E-state index in [2.05, 4.69) is 5.32 Å². The van der Waals surface area contributed by atoms with Crippen molar-refractivity contribution in [3.05, 3.63) is 76.3 Å². The molecule has 1 amide bonds. The fourth-order valence-corrected chi connectivity index (χ4v) is 1.99. The minimum Gasteiger partial charge on any atom is -0.503 e. The van der Waals surface area contributed by atoms with Gasteiger partial charge in [-0.15, -0.1) is 0 Å². The predicted octanol–water partition coefficient (Wildman–Crippen LogP) is 4.05. The Bertz CT molecular complexity index is 785. The third-order valence-corrected chi connectivity index (χ3v) is 3.55. The fraction of sp³-hybridized carbons (Fsp3) is 0.0588. The lowest BCUT2D eigenvalue weighted by atomic mass is 10.1. The van der Waals surface area contributed by atoms with Gasteiger partial charge < -0.3 is 10.4 Å². The van der Waals surface area contributed by atoms with Crippen LogP contribution in [0.3, 0.4) is 0 Å². The van der Waals surface area contributed by atoms with Gasteiger partial charge in [-0.25, -0.2) is 4.39 Å². The summed E-state index contributed by atoms with van der Waals surface area (Å²) in [4.78, 5) is 23.8. The maximum atomic E-state index is 12.8. The molecule has 0 heterocycles. The molecule has 0 aliphatic carbocycles. The number of ketones is 1. The SMILES string of the molecule is Cc1c(Cl)cccc1NC(=O)/C(O)=C/C(=O)c1ccc(F)cc1. The number of allylic oxidation sites excluding steroid dienone is 1. The molecule has 2 rings (SSSR count). The molecule has 2 N–H and O–H groups in total. The summed E-state index contributed by atoms with van der Waals surface area (Å²) in [6.07, 6.45) is 0.780. The lowest BCUT2D eigenvalue weighted by Crippen LogP contribution is -2.16. The van der Waals surface area contributed by atoms with E-state index in [1.54, 1.807) is 25.1 Å². The number of carbonyl (C=O) groups excluding carboxylic acids is 2. The van der Waals surface area contributed by atoms with Gasteiger partial charge in [-0.2, -0.15) is 0 Å². The largest absolute Gasteiger partial charge is 0.503 e. The molecule has 0 radical (unpaired) electrons. The number of hydrogen-bond acceptors (Lipinski definition) is 3. The quantitative estimate of drug-likeness (QED) is 0.504. The summed E-state index contributed by atoms with van der Waals surface area (Å²) in [5.74, 6) is -2.69. The van der Waals surface area contributed by atoms with E-state index in [0.29, 0.717) is 16.3 Å². The van der Waals surface area contributed by atoms with Crippen molar-refractivity contribution in [2.75, 3.05) is 5.32 Å². The fourth-order valence-electron chi connectivity index (χ4n) is 1.82. The van der Waals surface area contributed by atoms with Crippen LogP contribution >= 0.6 is 11.6 Å². The van der Waals surface area contributed by atoms with E-state index in [4.69, 9.17) is 11.6 Å². The van der Waals surface area contributed by atoms with Gasteiger partial charge in [-0.1, -0.05) is 17.7 Å². The molecule has 0 aromatic heterocycles. The molecule has 0 saturated carbocycles. The van der Waals surface area contributed by atoms with Crippen molar-refractivity contribution in [1.29, 1.82) is 0 Å². The van der Waals surface area contributed by atoms with Gasteiger partial charge in [0, 0.05) is 22.3 Å². The number of carbonyl (C=O) groups is 2. The average molecular weight is 334 g/mol. The number of aliphatic hydroxyl groups is 1. The molecule has 4 nitrogen and oxygen atoms in total. The Morgan fingerprint density at radius 2 is 1.83 bits per heavy atom.